The first-order valence-corrected chi connectivity index (χ1v) is 9.66. The Balaban J connectivity index is 0.000000211. The van der Waals surface area contributed by atoms with Crippen molar-refractivity contribution < 1.29 is 9.18 Å². The van der Waals surface area contributed by atoms with E-state index in [1.54, 1.807) is 25.4 Å². The van der Waals surface area contributed by atoms with E-state index in [0.717, 1.165) is 48.5 Å². The molecule has 1 atom stereocenters. The molecule has 0 aromatic carbocycles. The molecule has 5 nitrogen and oxygen atoms in total. The van der Waals surface area contributed by atoms with Crippen molar-refractivity contribution in [3.8, 4) is 11.3 Å². The summed E-state index contributed by atoms with van der Waals surface area (Å²) in [5, 5.41) is 7.14. The Hall–Kier alpha value is -2.76. The maximum atomic E-state index is 12.9. The highest BCUT2D eigenvalue weighted by Crippen LogP contribution is 2.24. The van der Waals surface area contributed by atoms with Crippen LogP contribution in [0.5, 0.6) is 0 Å². The van der Waals surface area contributed by atoms with Crippen molar-refractivity contribution in [3.05, 3.63) is 59.6 Å². The molecule has 3 heterocycles. The van der Waals surface area contributed by atoms with E-state index in [1.807, 2.05) is 43.0 Å². The van der Waals surface area contributed by atoms with Gasteiger partial charge < -0.3 is 4.90 Å². The molecule has 0 bridgehead atoms. The standard InChI is InChI=1S/C14H16N4O.C8H11F/c1-10-8-13(17-16-10)11-4-5-15-9-12(11)14(19)18-6-2-3-7-18;1-7-3-5-8(2,9)6-4-7/h4-5,8-9H,2-3,6-7H2,1H3,(H,16,17);3-5H,6H2,1-2H3. The normalized spacial score (nSPS) is 21.1. The van der Waals surface area contributed by atoms with E-state index in [4.69, 9.17) is 0 Å². The van der Waals surface area contributed by atoms with Gasteiger partial charge in [-0.25, -0.2) is 4.39 Å². The van der Waals surface area contributed by atoms with E-state index in [2.05, 4.69) is 15.2 Å². The Bertz CT molecular complexity index is 891. The monoisotopic (exact) mass is 382 g/mol. The first kappa shape index (κ1) is 20.0. The van der Waals surface area contributed by atoms with Gasteiger partial charge in [-0.05, 0) is 51.8 Å². The fraction of sp³-hybridized carbons (Fsp3) is 0.409. The third kappa shape index (κ3) is 4.94. The number of likely N-dealkylation sites (tertiary alicyclic amines) is 1. The van der Waals surface area contributed by atoms with Crippen LogP contribution < -0.4 is 0 Å². The third-order valence-electron chi connectivity index (χ3n) is 4.94. The number of carbonyl (C=O) groups is 1. The number of aryl methyl sites for hydroxylation is 1. The summed E-state index contributed by atoms with van der Waals surface area (Å²) in [6.45, 7) is 7.19. The predicted molar refractivity (Wildman–Crippen MR) is 109 cm³/mol. The zero-order valence-electron chi connectivity index (χ0n) is 16.7. The quantitative estimate of drug-likeness (QED) is 0.823. The zero-order valence-corrected chi connectivity index (χ0v) is 16.7. The summed E-state index contributed by atoms with van der Waals surface area (Å²) in [5.74, 6) is 0.0567. The first-order chi connectivity index (χ1) is 13.4. The highest BCUT2D eigenvalue weighted by atomic mass is 19.1. The van der Waals surface area contributed by atoms with E-state index in [9.17, 15) is 9.18 Å². The lowest BCUT2D eigenvalue weighted by atomic mass is 9.97. The lowest BCUT2D eigenvalue weighted by molar-refractivity contribution is 0.0793. The number of alkyl halides is 1. The van der Waals surface area contributed by atoms with Gasteiger partial charge in [0.15, 0.2) is 0 Å². The molecule has 28 heavy (non-hydrogen) atoms. The molecule has 1 amide bonds. The maximum Gasteiger partial charge on any atom is 0.256 e. The number of H-pyrrole nitrogens is 1. The van der Waals surface area contributed by atoms with Crippen molar-refractivity contribution >= 4 is 5.91 Å². The number of aromatic nitrogens is 3. The van der Waals surface area contributed by atoms with Gasteiger partial charge in [-0.3, -0.25) is 14.9 Å². The van der Waals surface area contributed by atoms with Gasteiger partial charge in [-0.15, -0.1) is 0 Å². The van der Waals surface area contributed by atoms with Crippen LogP contribution in [0.4, 0.5) is 4.39 Å². The molecule has 1 fully saturated rings. The number of pyridine rings is 1. The number of hydrogen-bond donors (Lipinski definition) is 1. The van der Waals surface area contributed by atoms with Crippen LogP contribution in [0.2, 0.25) is 0 Å². The van der Waals surface area contributed by atoms with Crippen molar-refractivity contribution in [3.63, 3.8) is 0 Å². The summed E-state index contributed by atoms with van der Waals surface area (Å²) >= 11 is 0. The second-order valence-electron chi connectivity index (χ2n) is 7.62. The van der Waals surface area contributed by atoms with Gasteiger partial charge in [0.05, 0.1) is 11.3 Å². The second kappa shape index (κ2) is 8.50. The van der Waals surface area contributed by atoms with Crippen molar-refractivity contribution in [2.75, 3.05) is 13.1 Å². The number of carbonyl (C=O) groups excluding carboxylic acids is 1. The number of amides is 1. The minimum atomic E-state index is -1.10. The van der Waals surface area contributed by atoms with Gasteiger partial charge in [0.2, 0.25) is 0 Å². The molecular formula is C22H27FN4O. The van der Waals surface area contributed by atoms with Gasteiger partial charge in [0.1, 0.15) is 5.67 Å². The Morgan fingerprint density at radius 1 is 1.29 bits per heavy atom. The number of hydrogen-bond acceptors (Lipinski definition) is 3. The second-order valence-corrected chi connectivity index (χ2v) is 7.62. The molecule has 148 valence electrons. The van der Waals surface area contributed by atoms with Crippen LogP contribution in [0, 0.1) is 6.92 Å². The van der Waals surface area contributed by atoms with Gasteiger partial charge in [-0.1, -0.05) is 17.7 Å². The number of allylic oxidation sites excluding steroid dienone is 4. The third-order valence-corrected chi connectivity index (χ3v) is 4.94. The van der Waals surface area contributed by atoms with E-state index in [1.165, 1.54) is 0 Å². The van der Waals surface area contributed by atoms with E-state index in [-0.39, 0.29) is 5.91 Å². The van der Waals surface area contributed by atoms with Crippen LogP contribution in [0.15, 0.2) is 48.3 Å². The van der Waals surface area contributed by atoms with Gasteiger partial charge in [-0.2, -0.15) is 5.10 Å². The molecule has 4 rings (SSSR count). The lowest BCUT2D eigenvalue weighted by Crippen LogP contribution is -2.28. The first-order valence-electron chi connectivity index (χ1n) is 9.66. The smallest absolute Gasteiger partial charge is 0.256 e. The Morgan fingerprint density at radius 3 is 2.61 bits per heavy atom. The molecule has 2 aliphatic rings. The van der Waals surface area contributed by atoms with E-state index >= 15 is 0 Å². The van der Waals surface area contributed by atoms with Crippen LogP contribution in [0.3, 0.4) is 0 Å². The zero-order chi connectivity index (χ0) is 20.1. The van der Waals surface area contributed by atoms with Crippen LogP contribution in [0.25, 0.3) is 11.3 Å². The minimum Gasteiger partial charge on any atom is -0.339 e. The maximum absolute atomic E-state index is 12.9. The highest BCUT2D eigenvalue weighted by molar-refractivity contribution is 6.00. The van der Waals surface area contributed by atoms with Crippen LogP contribution in [0.1, 0.15) is 49.2 Å². The van der Waals surface area contributed by atoms with Gasteiger partial charge in [0.25, 0.3) is 5.91 Å². The molecule has 0 spiro atoms. The van der Waals surface area contributed by atoms with Gasteiger partial charge in [0, 0.05) is 43.2 Å². The summed E-state index contributed by atoms with van der Waals surface area (Å²) < 4.78 is 12.9. The van der Waals surface area contributed by atoms with Crippen molar-refractivity contribution in [1.82, 2.24) is 20.1 Å². The van der Waals surface area contributed by atoms with E-state index < -0.39 is 5.67 Å². The number of rotatable bonds is 2. The number of nitrogens with one attached hydrogen (secondary N) is 1. The Morgan fingerprint density at radius 2 is 2.04 bits per heavy atom. The molecule has 6 heteroatoms. The van der Waals surface area contributed by atoms with E-state index in [0.29, 0.717) is 12.0 Å². The molecule has 1 saturated heterocycles. The molecule has 0 radical (unpaired) electrons. The average molecular weight is 382 g/mol. The largest absolute Gasteiger partial charge is 0.339 e. The summed E-state index contributed by atoms with van der Waals surface area (Å²) in [6.07, 6.45) is 11.4. The topological polar surface area (TPSA) is 61.9 Å². The fourth-order valence-corrected chi connectivity index (χ4v) is 3.24. The fourth-order valence-electron chi connectivity index (χ4n) is 3.24. The van der Waals surface area contributed by atoms with Gasteiger partial charge >= 0.3 is 0 Å². The summed E-state index contributed by atoms with van der Waals surface area (Å²) in [5.41, 5.74) is 3.31. The molecule has 1 N–H and O–H groups in total. The Labute approximate surface area is 165 Å². The van der Waals surface area contributed by atoms with Crippen LogP contribution in [-0.4, -0.2) is 44.7 Å². The predicted octanol–water partition coefficient (Wildman–Crippen LogP) is 4.64. The minimum absolute atomic E-state index is 0.0567. The summed E-state index contributed by atoms with van der Waals surface area (Å²) in [7, 11) is 0. The number of halogens is 1. The van der Waals surface area contributed by atoms with Crippen LogP contribution >= 0.6 is 0 Å². The summed E-state index contributed by atoms with van der Waals surface area (Å²) in [4.78, 5) is 18.5. The molecule has 1 unspecified atom stereocenters. The van der Waals surface area contributed by atoms with Crippen molar-refractivity contribution in [1.29, 1.82) is 0 Å². The van der Waals surface area contributed by atoms with Crippen molar-refractivity contribution in [2.24, 2.45) is 0 Å². The SMILES string of the molecule is CC1=CCC(C)(F)C=C1.Cc1cc(-c2ccncc2C(=O)N2CCCC2)n[nH]1. The highest BCUT2D eigenvalue weighted by Gasteiger charge is 2.23. The summed E-state index contributed by atoms with van der Waals surface area (Å²) in [6, 6.07) is 3.79. The molecular weight excluding hydrogens is 355 g/mol. The molecule has 2 aromatic heterocycles. The molecule has 1 aliphatic heterocycles. The average Bonchev–Trinajstić information content (AvgIpc) is 3.36. The molecule has 1 aliphatic carbocycles. The van der Waals surface area contributed by atoms with Crippen LogP contribution in [-0.2, 0) is 0 Å². The molecule has 0 saturated carbocycles. The van der Waals surface area contributed by atoms with Crippen molar-refractivity contribution in [2.45, 2.75) is 45.7 Å². The Kier molecular flexibility index (Phi) is 6.07. The lowest BCUT2D eigenvalue weighted by Gasteiger charge is -2.16. The number of nitrogens with zero attached hydrogens (tertiary/aromatic N) is 3. The number of aromatic amines is 1. The molecule has 2 aromatic rings.